The highest BCUT2D eigenvalue weighted by atomic mass is 32.2. The van der Waals surface area contributed by atoms with Gasteiger partial charge in [-0.3, -0.25) is 4.79 Å². The van der Waals surface area contributed by atoms with Crippen molar-refractivity contribution in [2.24, 2.45) is 17.3 Å². The Morgan fingerprint density at radius 1 is 1.17 bits per heavy atom. The molecule has 7 nitrogen and oxygen atoms in total. The van der Waals surface area contributed by atoms with Gasteiger partial charge in [0.25, 0.3) is 0 Å². The molecule has 2 fully saturated rings. The van der Waals surface area contributed by atoms with Crippen molar-refractivity contribution in [2.75, 3.05) is 6.61 Å². The van der Waals surface area contributed by atoms with Crippen molar-refractivity contribution in [3.05, 3.63) is 29.6 Å². The lowest BCUT2D eigenvalue weighted by Crippen LogP contribution is -2.43. The summed E-state index contributed by atoms with van der Waals surface area (Å²) in [6.45, 7) is 15.9. The first-order valence-corrected chi connectivity index (χ1v) is 21.2. The molecular formula is C33H52F4N4O3SSi. The van der Waals surface area contributed by atoms with Crippen LogP contribution in [0.2, 0.25) is 25.7 Å². The molecule has 13 heteroatoms. The van der Waals surface area contributed by atoms with Crippen molar-refractivity contribution in [1.82, 2.24) is 19.6 Å². The van der Waals surface area contributed by atoms with Gasteiger partial charge in [0.15, 0.2) is 0 Å². The molecule has 2 saturated carbocycles. The van der Waals surface area contributed by atoms with E-state index in [0.29, 0.717) is 17.9 Å². The SMILES string of the molecule is CC(C)(C[C@H](N[S+]([O-])C(C)(C)C)c1nc2ccc([C@H](NC(=O)CC3CC(F)(F)C3)C3CC3)cc2n1COCC[Si](C)(C)C)C(F)F. The summed E-state index contributed by atoms with van der Waals surface area (Å²) < 4.78 is 79.0. The van der Waals surface area contributed by atoms with Gasteiger partial charge in [-0.2, -0.15) is 0 Å². The number of hydrogen-bond donors (Lipinski definition) is 2. The lowest BCUT2D eigenvalue weighted by atomic mass is 9.79. The standard InChI is InChI=1S/C33H52F4N4O3SSi/c1-31(2,3)45(43)40-25(19-32(4,5)30(34)35)29-38-24-12-11-23(16-26(24)41(29)20-44-13-14-46(6,7)8)28(22-9-10-22)39-27(42)15-21-17-33(36,37)18-21/h11-12,16,21-22,25,28,30,40H,9-10,13-15,17-20H2,1-8H3,(H,39,42)/t25-,28+,45?/m0/s1. The Morgan fingerprint density at radius 3 is 2.37 bits per heavy atom. The monoisotopic (exact) mass is 688 g/mol. The average Bonchev–Trinajstić information content (AvgIpc) is 3.67. The molecule has 1 unspecified atom stereocenters. The number of hydrogen-bond acceptors (Lipinski definition) is 5. The van der Waals surface area contributed by atoms with Crippen LogP contribution in [0, 0.1) is 17.3 Å². The highest BCUT2D eigenvalue weighted by Gasteiger charge is 2.46. The van der Waals surface area contributed by atoms with Crippen LogP contribution in [0.3, 0.4) is 0 Å². The molecule has 0 spiro atoms. The van der Waals surface area contributed by atoms with Gasteiger partial charge in [-0.05, 0) is 75.6 Å². The van der Waals surface area contributed by atoms with E-state index >= 15 is 0 Å². The molecule has 46 heavy (non-hydrogen) atoms. The number of rotatable bonds is 16. The van der Waals surface area contributed by atoms with E-state index in [-0.39, 0.29) is 56.2 Å². The fourth-order valence-electron chi connectivity index (χ4n) is 5.72. The van der Waals surface area contributed by atoms with Crippen LogP contribution < -0.4 is 10.0 Å². The molecule has 2 aromatic rings. The molecule has 0 saturated heterocycles. The van der Waals surface area contributed by atoms with Crippen LogP contribution in [-0.4, -0.2) is 51.8 Å². The minimum absolute atomic E-state index is 0.0153. The zero-order valence-corrected chi connectivity index (χ0v) is 30.3. The van der Waals surface area contributed by atoms with Crippen molar-refractivity contribution >= 4 is 36.4 Å². The predicted molar refractivity (Wildman–Crippen MR) is 178 cm³/mol. The molecule has 1 aromatic carbocycles. The summed E-state index contributed by atoms with van der Waals surface area (Å²) in [5.41, 5.74) is 0.835. The van der Waals surface area contributed by atoms with Crippen molar-refractivity contribution in [3.8, 4) is 0 Å². The number of ether oxygens (including phenoxy) is 1. The third-order valence-corrected chi connectivity index (χ3v) is 12.2. The molecule has 2 aliphatic rings. The number of fused-ring (bicyclic) bond motifs is 1. The van der Waals surface area contributed by atoms with Gasteiger partial charge in [-0.25, -0.2) is 22.5 Å². The molecule has 260 valence electrons. The smallest absolute Gasteiger partial charge is 0.248 e. The molecule has 0 radical (unpaired) electrons. The number of amides is 1. The maximum atomic E-state index is 14.2. The normalized spacial score (nSPS) is 19.7. The fraction of sp³-hybridized carbons (Fsp3) is 0.758. The number of alkyl halides is 4. The van der Waals surface area contributed by atoms with Crippen molar-refractivity contribution in [2.45, 2.75) is 135 Å². The molecular weight excluding hydrogens is 637 g/mol. The van der Waals surface area contributed by atoms with E-state index in [9.17, 15) is 26.9 Å². The van der Waals surface area contributed by atoms with Crippen LogP contribution in [0.15, 0.2) is 18.2 Å². The summed E-state index contributed by atoms with van der Waals surface area (Å²) in [5, 5.41) is 3.11. The summed E-state index contributed by atoms with van der Waals surface area (Å²) in [5.74, 6) is -2.51. The van der Waals surface area contributed by atoms with E-state index < -0.39 is 48.0 Å². The van der Waals surface area contributed by atoms with Crippen LogP contribution in [0.5, 0.6) is 0 Å². The number of nitrogens with zero attached hydrogens (tertiary/aromatic N) is 2. The molecule has 3 atom stereocenters. The van der Waals surface area contributed by atoms with E-state index in [1.165, 1.54) is 13.8 Å². The van der Waals surface area contributed by atoms with Gasteiger partial charge in [0.05, 0.1) is 17.1 Å². The Kier molecular flexibility index (Phi) is 11.3. The first-order chi connectivity index (χ1) is 21.1. The Labute approximate surface area is 275 Å². The quantitative estimate of drug-likeness (QED) is 0.0805. The summed E-state index contributed by atoms with van der Waals surface area (Å²) in [7, 11) is -1.39. The van der Waals surface area contributed by atoms with E-state index in [2.05, 4.69) is 29.7 Å². The van der Waals surface area contributed by atoms with Crippen LogP contribution in [0.25, 0.3) is 11.0 Å². The highest BCUT2D eigenvalue weighted by Crippen LogP contribution is 2.45. The molecule has 0 bridgehead atoms. The van der Waals surface area contributed by atoms with Crippen molar-refractivity contribution in [1.29, 1.82) is 0 Å². The topological polar surface area (TPSA) is 91.2 Å². The second-order valence-electron chi connectivity index (χ2n) is 16.3. The predicted octanol–water partition coefficient (Wildman–Crippen LogP) is 8.13. The molecule has 1 amide bonds. The lowest BCUT2D eigenvalue weighted by molar-refractivity contribution is -0.134. The first kappa shape index (κ1) is 37.2. The van der Waals surface area contributed by atoms with Crippen LogP contribution in [0.1, 0.15) is 96.6 Å². The third-order valence-electron chi connectivity index (χ3n) is 8.87. The van der Waals surface area contributed by atoms with Crippen molar-refractivity contribution in [3.63, 3.8) is 0 Å². The summed E-state index contributed by atoms with van der Waals surface area (Å²) in [4.78, 5) is 17.8. The van der Waals surface area contributed by atoms with Gasteiger partial charge in [0, 0.05) is 50.7 Å². The zero-order valence-electron chi connectivity index (χ0n) is 28.5. The average molecular weight is 689 g/mol. The summed E-state index contributed by atoms with van der Waals surface area (Å²) in [6.07, 6.45) is -1.16. The summed E-state index contributed by atoms with van der Waals surface area (Å²) >= 11 is -1.57. The highest BCUT2D eigenvalue weighted by molar-refractivity contribution is 7.90. The van der Waals surface area contributed by atoms with Gasteiger partial charge < -0.3 is 19.2 Å². The number of benzene rings is 1. The number of carbonyl (C=O) groups is 1. The maximum absolute atomic E-state index is 14.2. The van der Waals surface area contributed by atoms with Crippen LogP contribution >= 0.6 is 0 Å². The number of imidazole rings is 1. The minimum Gasteiger partial charge on any atom is -0.598 e. The fourth-order valence-corrected chi connectivity index (χ4v) is 7.28. The molecule has 1 heterocycles. The van der Waals surface area contributed by atoms with Gasteiger partial charge in [0.2, 0.25) is 18.3 Å². The summed E-state index contributed by atoms with van der Waals surface area (Å²) in [6, 6.07) is 5.63. The Hall–Kier alpha value is -1.67. The Balaban J connectivity index is 1.70. The van der Waals surface area contributed by atoms with Crippen molar-refractivity contribution < 1.29 is 31.6 Å². The number of nitrogens with one attached hydrogen (secondary N) is 2. The largest absolute Gasteiger partial charge is 0.598 e. The van der Waals surface area contributed by atoms with Crippen LogP contribution in [0.4, 0.5) is 17.6 Å². The number of halogens is 4. The molecule has 2 N–H and O–H groups in total. The van der Waals surface area contributed by atoms with Gasteiger partial charge in [-0.15, -0.1) is 4.72 Å². The third kappa shape index (κ3) is 9.93. The lowest BCUT2D eigenvalue weighted by Gasteiger charge is -2.34. The second kappa shape index (κ2) is 14.1. The van der Waals surface area contributed by atoms with Gasteiger partial charge in [-0.1, -0.05) is 39.6 Å². The van der Waals surface area contributed by atoms with Gasteiger partial charge in [0.1, 0.15) is 23.3 Å². The zero-order chi connectivity index (χ0) is 34.2. The molecule has 1 aromatic heterocycles. The maximum Gasteiger partial charge on any atom is 0.248 e. The Morgan fingerprint density at radius 2 is 1.83 bits per heavy atom. The van der Waals surface area contributed by atoms with Gasteiger partial charge >= 0.3 is 0 Å². The van der Waals surface area contributed by atoms with E-state index in [0.717, 1.165) is 30.0 Å². The second-order valence-corrected chi connectivity index (χ2v) is 23.9. The van der Waals surface area contributed by atoms with E-state index in [4.69, 9.17) is 9.72 Å². The molecule has 2 aliphatic carbocycles. The molecule has 0 aliphatic heterocycles. The van der Waals surface area contributed by atoms with Crippen LogP contribution in [-0.2, 0) is 27.6 Å². The molecule has 4 rings (SSSR count). The number of carbonyl (C=O) groups excluding carboxylic acids is 1. The minimum atomic E-state index is -2.67. The van der Waals surface area contributed by atoms with E-state index in [1.807, 2.05) is 43.5 Å². The number of aromatic nitrogens is 2. The first-order valence-electron chi connectivity index (χ1n) is 16.4. The Bertz CT molecular complexity index is 1350. The van der Waals surface area contributed by atoms with E-state index in [1.54, 1.807) is 0 Å².